The van der Waals surface area contributed by atoms with Gasteiger partial charge in [0.1, 0.15) is 0 Å². The number of fused-ring (bicyclic) bond motifs is 1. The molecule has 1 unspecified atom stereocenters. The monoisotopic (exact) mass is 343 g/mol. The molecule has 1 heterocycles. The smallest absolute Gasteiger partial charge is 0.258 e. The minimum atomic E-state index is 0.0882. The lowest BCUT2D eigenvalue weighted by molar-refractivity contribution is 0.0975. The van der Waals surface area contributed by atoms with E-state index in [1.165, 1.54) is 5.56 Å². The molecule has 0 radical (unpaired) electrons. The van der Waals surface area contributed by atoms with E-state index in [0.717, 1.165) is 34.1 Å². The molecular weight excluding hydrogens is 326 g/mol. The Morgan fingerprint density at radius 1 is 1.24 bits per heavy atom. The van der Waals surface area contributed by atoms with Crippen molar-refractivity contribution in [3.63, 3.8) is 0 Å². The first-order valence-electron chi connectivity index (χ1n) is 7.25. The van der Waals surface area contributed by atoms with Crippen molar-refractivity contribution in [3.8, 4) is 0 Å². The number of hydrogen-bond acceptors (Lipinski definition) is 1. The van der Waals surface area contributed by atoms with E-state index < -0.39 is 0 Å². The van der Waals surface area contributed by atoms with Gasteiger partial charge in [-0.05, 0) is 62.1 Å². The van der Waals surface area contributed by atoms with Crippen LogP contribution in [0.15, 0.2) is 46.9 Å². The lowest BCUT2D eigenvalue weighted by atomic mass is 9.95. The highest BCUT2D eigenvalue weighted by molar-refractivity contribution is 9.10. The van der Waals surface area contributed by atoms with Crippen molar-refractivity contribution >= 4 is 27.5 Å². The van der Waals surface area contributed by atoms with Crippen molar-refractivity contribution in [2.75, 3.05) is 4.90 Å². The van der Waals surface area contributed by atoms with Gasteiger partial charge in [-0.25, -0.2) is 0 Å². The predicted molar refractivity (Wildman–Crippen MR) is 89.9 cm³/mol. The maximum Gasteiger partial charge on any atom is 0.258 e. The third kappa shape index (κ3) is 2.62. The normalized spacial score (nSPS) is 17.5. The van der Waals surface area contributed by atoms with Gasteiger partial charge in [0.25, 0.3) is 5.91 Å². The number of amides is 1. The zero-order valence-electron chi connectivity index (χ0n) is 12.3. The fourth-order valence-corrected chi connectivity index (χ4v) is 3.16. The molecule has 1 aliphatic heterocycles. The molecule has 0 N–H and O–H groups in total. The number of benzene rings is 2. The molecule has 0 aromatic heterocycles. The first kappa shape index (κ1) is 14.3. The van der Waals surface area contributed by atoms with Crippen molar-refractivity contribution < 1.29 is 4.79 Å². The number of para-hydroxylation sites is 1. The number of aryl methyl sites for hydroxylation is 2. The maximum absolute atomic E-state index is 12.9. The van der Waals surface area contributed by atoms with Gasteiger partial charge in [-0.3, -0.25) is 4.79 Å². The molecule has 2 aromatic rings. The third-order valence-corrected chi connectivity index (χ3v) is 5.04. The lowest BCUT2D eigenvalue weighted by Gasteiger charge is -2.35. The first-order valence-corrected chi connectivity index (χ1v) is 8.05. The van der Waals surface area contributed by atoms with Gasteiger partial charge in [0.15, 0.2) is 0 Å². The van der Waals surface area contributed by atoms with Crippen LogP contribution in [-0.2, 0) is 6.42 Å². The average molecular weight is 344 g/mol. The Morgan fingerprint density at radius 2 is 2.00 bits per heavy atom. The molecule has 2 nitrogen and oxygen atoms in total. The zero-order valence-corrected chi connectivity index (χ0v) is 13.9. The summed E-state index contributed by atoms with van der Waals surface area (Å²) >= 11 is 3.49. The number of carbonyl (C=O) groups is 1. The van der Waals surface area contributed by atoms with E-state index in [0.29, 0.717) is 0 Å². The van der Waals surface area contributed by atoms with E-state index in [-0.39, 0.29) is 11.9 Å². The Hall–Kier alpha value is -1.61. The Bertz CT molecular complexity index is 695. The summed E-state index contributed by atoms with van der Waals surface area (Å²) in [5, 5.41) is 0. The van der Waals surface area contributed by atoms with Crippen molar-refractivity contribution in [1.82, 2.24) is 0 Å². The predicted octanol–water partition coefficient (Wildman–Crippen LogP) is 4.74. The van der Waals surface area contributed by atoms with Gasteiger partial charge >= 0.3 is 0 Å². The summed E-state index contributed by atoms with van der Waals surface area (Å²) in [7, 11) is 0. The Morgan fingerprint density at radius 3 is 2.76 bits per heavy atom. The van der Waals surface area contributed by atoms with Gasteiger partial charge in [0, 0.05) is 21.8 Å². The van der Waals surface area contributed by atoms with Crippen LogP contribution in [0.25, 0.3) is 0 Å². The first-order chi connectivity index (χ1) is 10.1. The van der Waals surface area contributed by atoms with Crippen molar-refractivity contribution in [2.24, 2.45) is 0 Å². The van der Waals surface area contributed by atoms with Crippen LogP contribution in [0.2, 0.25) is 0 Å². The van der Waals surface area contributed by atoms with E-state index in [4.69, 9.17) is 0 Å². The highest BCUT2D eigenvalue weighted by Gasteiger charge is 2.28. The molecule has 1 aliphatic rings. The second kappa shape index (κ2) is 5.64. The number of anilines is 1. The van der Waals surface area contributed by atoms with Crippen LogP contribution in [0.5, 0.6) is 0 Å². The van der Waals surface area contributed by atoms with Crippen LogP contribution in [0, 0.1) is 6.92 Å². The van der Waals surface area contributed by atoms with Crippen molar-refractivity contribution in [1.29, 1.82) is 0 Å². The van der Waals surface area contributed by atoms with Gasteiger partial charge in [0.05, 0.1) is 0 Å². The minimum absolute atomic E-state index is 0.0882. The van der Waals surface area contributed by atoms with E-state index in [2.05, 4.69) is 35.0 Å². The van der Waals surface area contributed by atoms with Crippen LogP contribution < -0.4 is 4.90 Å². The second-order valence-corrected chi connectivity index (χ2v) is 6.51. The van der Waals surface area contributed by atoms with Crippen LogP contribution in [0.4, 0.5) is 5.69 Å². The highest BCUT2D eigenvalue weighted by atomic mass is 79.9. The summed E-state index contributed by atoms with van der Waals surface area (Å²) in [5.74, 6) is 0.0882. The maximum atomic E-state index is 12.9. The molecular formula is C18H18BrNO. The van der Waals surface area contributed by atoms with Crippen molar-refractivity contribution in [2.45, 2.75) is 32.7 Å². The van der Waals surface area contributed by atoms with Gasteiger partial charge in [-0.1, -0.05) is 34.1 Å². The average Bonchev–Trinajstić information content (AvgIpc) is 2.49. The summed E-state index contributed by atoms with van der Waals surface area (Å²) in [4.78, 5) is 14.9. The molecule has 21 heavy (non-hydrogen) atoms. The topological polar surface area (TPSA) is 20.3 Å². The summed E-state index contributed by atoms with van der Waals surface area (Å²) in [6, 6.07) is 14.2. The van der Waals surface area contributed by atoms with Gasteiger partial charge < -0.3 is 4.90 Å². The van der Waals surface area contributed by atoms with E-state index in [1.807, 2.05) is 42.2 Å². The summed E-state index contributed by atoms with van der Waals surface area (Å²) in [6.45, 7) is 4.13. The van der Waals surface area contributed by atoms with E-state index in [1.54, 1.807) is 0 Å². The Labute approximate surface area is 133 Å². The fourth-order valence-electron chi connectivity index (χ4n) is 2.91. The molecule has 0 fully saturated rings. The van der Waals surface area contributed by atoms with Gasteiger partial charge in [0.2, 0.25) is 0 Å². The quantitative estimate of drug-likeness (QED) is 0.732. The fraction of sp³-hybridized carbons (Fsp3) is 0.278. The van der Waals surface area contributed by atoms with Gasteiger partial charge in [-0.2, -0.15) is 0 Å². The van der Waals surface area contributed by atoms with Crippen LogP contribution in [0.3, 0.4) is 0 Å². The molecule has 0 saturated heterocycles. The minimum Gasteiger partial charge on any atom is -0.305 e. The number of nitrogens with zero attached hydrogens (tertiary/aromatic N) is 1. The van der Waals surface area contributed by atoms with Crippen LogP contribution >= 0.6 is 15.9 Å². The molecule has 0 spiro atoms. The largest absolute Gasteiger partial charge is 0.305 e. The SMILES string of the molecule is Cc1cc(C(=O)N2c3ccccc3CCC2C)ccc1Br. The molecule has 3 rings (SSSR count). The summed E-state index contributed by atoms with van der Waals surface area (Å²) in [6.07, 6.45) is 2.05. The van der Waals surface area contributed by atoms with Crippen LogP contribution in [-0.4, -0.2) is 11.9 Å². The van der Waals surface area contributed by atoms with E-state index in [9.17, 15) is 4.79 Å². The number of carbonyl (C=O) groups excluding carboxylic acids is 1. The molecule has 0 bridgehead atoms. The zero-order chi connectivity index (χ0) is 15.0. The Kier molecular flexibility index (Phi) is 3.85. The molecule has 108 valence electrons. The Balaban J connectivity index is 2.02. The second-order valence-electron chi connectivity index (χ2n) is 5.66. The highest BCUT2D eigenvalue weighted by Crippen LogP contribution is 2.32. The summed E-state index contributed by atoms with van der Waals surface area (Å²) in [5.41, 5.74) is 4.15. The van der Waals surface area contributed by atoms with Crippen LogP contribution in [0.1, 0.15) is 34.8 Å². The molecule has 2 aromatic carbocycles. The lowest BCUT2D eigenvalue weighted by Crippen LogP contribution is -2.42. The third-order valence-electron chi connectivity index (χ3n) is 4.15. The van der Waals surface area contributed by atoms with Crippen molar-refractivity contribution in [3.05, 3.63) is 63.6 Å². The number of hydrogen-bond donors (Lipinski definition) is 0. The number of halogens is 1. The summed E-state index contributed by atoms with van der Waals surface area (Å²) < 4.78 is 1.03. The van der Waals surface area contributed by atoms with E-state index >= 15 is 0 Å². The molecule has 3 heteroatoms. The molecule has 0 aliphatic carbocycles. The van der Waals surface area contributed by atoms with Gasteiger partial charge in [-0.15, -0.1) is 0 Å². The number of rotatable bonds is 1. The standard InChI is InChI=1S/C18H18BrNO/c1-12-11-15(9-10-16(12)19)18(21)20-13(2)7-8-14-5-3-4-6-17(14)20/h3-6,9-11,13H,7-8H2,1-2H3. The molecule has 0 saturated carbocycles. The molecule has 1 atom stereocenters. The molecule has 1 amide bonds.